The summed E-state index contributed by atoms with van der Waals surface area (Å²) < 4.78 is 20.1. The predicted octanol–water partition coefficient (Wildman–Crippen LogP) is 3.67. The van der Waals surface area contributed by atoms with Crippen LogP contribution in [-0.2, 0) is 6.54 Å². The van der Waals surface area contributed by atoms with Crippen LogP contribution in [-0.4, -0.2) is 61.8 Å². The van der Waals surface area contributed by atoms with Crippen LogP contribution in [0.1, 0.15) is 16.4 Å². The van der Waals surface area contributed by atoms with Crippen LogP contribution >= 0.6 is 11.6 Å². The van der Waals surface area contributed by atoms with Crippen LogP contribution < -0.4 is 0 Å². The van der Waals surface area contributed by atoms with Crippen molar-refractivity contribution < 1.29 is 13.7 Å². The van der Waals surface area contributed by atoms with Crippen molar-refractivity contribution in [1.29, 1.82) is 0 Å². The number of aromatic nitrogens is 4. The lowest BCUT2D eigenvalue weighted by Crippen LogP contribution is -2.48. The minimum atomic E-state index is -0.318. The Bertz CT molecular complexity index is 1250. The fourth-order valence-electron chi connectivity index (χ4n) is 3.67. The summed E-state index contributed by atoms with van der Waals surface area (Å²) in [6, 6.07) is 14.9. The first kappa shape index (κ1) is 21.3. The highest BCUT2D eigenvalue weighted by atomic mass is 35.5. The average molecular weight is 467 g/mol. The molecule has 2 aromatic heterocycles. The second-order valence-electron chi connectivity index (χ2n) is 7.71. The molecule has 3 heterocycles. The lowest BCUT2D eigenvalue weighted by molar-refractivity contribution is 0.0609. The standard InChI is InChI=1S/C23H20ClFN6O2/c24-17-3-1-16(2-4-17)22-26-21(33-28-22)15-29-11-13-30(14-12-29)23(32)20-9-10-31(27-20)19-7-5-18(25)6-8-19/h1-10H,11-15H2. The third-order valence-electron chi connectivity index (χ3n) is 5.49. The second-order valence-corrected chi connectivity index (χ2v) is 8.15. The zero-order valence-corrected chi connectivity index (χ0v) is 18.3. The molecule has 4 aromatic rings. The maximum absolute atomic E-state index is 13.1. The normalized spacial score (nSPS) is 14.5. The van der Waals surface area contributed by atoms with Crippen LogP contribution in [0.3, 0.4) is 0 Å². The van der Waals surface area contributed by atoms with Gasteiger partial charge in [0.15, 0.2) is 5.69 Å². The summed E-state index contributed by atoms with van der Waals surface area (Å²) in [4.78, 5) is 21.3. The maximum atomic E-state index is 13.1. The summed E-state index contributed by atoms with van der Waals surface area (Å²) in [5.41, 5.74) is 1.89. The highest BCUT2D eigenvalue weighted by Gasteiger charge is 2.25. The van der Waals surface area contributed by atoms with Crippen LogP contribution in [0, 0.1) is 5.82 Å². The molecule has 33 heavy (non-hydrogen) atoms. The number of hydrogen-bond donors (Lipinski definition) is 0. The Labute approximate surface area is 194 Å². The van der Waals surface area contributed by atoms with Crippen molar-refractivity contribution in [3.8, 4) is 17.1 Å². The van der Waals surface area contributed by atoms with E-state index in [2.05, 4.69) is 20.1 Å². The Kier molecular flexibility index (Phi) is 5.89. The van der Waals surface area contributed by atoms with Gasteiger partial charge in [0.05, 0.1) is 12.2 Å². The van der Waals surface area contributed by atoms with Crippen LogP contribution in [0.5, 0.6) is 0 Å². The third kappa shape index (κ3) is 4.79. The van der Waals surface area contributed by atoms with Gasteiger partial charge < -0.3 is 9.42 Å². The van der Waals surface area contributed by atoms with Gasteiger partial charge in [0.2, 0.25) is 11.7 Å². The molecule has 0 radical (unpaired) electrons. The molecule has 168 valence electrons. The van der Waals surface area contributed by atoms with E-state index >= 15 is 0 Å². The van der Waals surface area contributed by atoms with Gasteiger partial charge in [-0.05, 0) is 54.6 Å². The molecular formula is C23H20ClFN6O2. The molecule has 2 aromatic carbocycles. The van der Waals surface area contributed by atoms with Gasteiger partial charge in [-0.3, -0.25) is 9.69 Å². The Morgan fingerprint density at radius 3 is 2.45 bits per heavy atom. The van der Waals surface area contributed by atoms with E-state index in [1.807, 2.05) is 12.1 Å². The van der Waals surface area contributed by atoms with E-state index in [4.69, 9.17) is 16.1 Å². The first-order valence-electron chi connectivity index (χ1n) is 10.5. The third-order valence-corrected chi connectivity index (χ3v) is 5.74. The number of amides is 1. The highest BCUT2D eigenvalue weighted by molar-refractivity contribution is 6.30. The van der Waals surface area contributed by atoms with Crippen molar-refractivity contribution >= 4 is 17.5 Å². The molecule has 1 fully saturated rings. The Hall–Kier alpha value is -3.56. The smallest absolute Gasteiger partial charge is 0.274 e. The van der Waals surface area contributed by atoms with Gasteiger partial charge in [-0.15, -0.1) is 0 Å². The van der Waals surface area contributed by atoms with E-state index in [1.54, 1.807) is 46.1 Å². The molecule has 0 aliphatic carbocycles. The van der Waals surface area contributed by atoms with Gasteiger partial charge in [0.1, 0.15) is 5.82 Å². The molecule has 0 saturated carbocycles. The molecule has 0 N–H and O–H groups in total. The number of hydrogen-bond acceptors (Lipinski definition) is 6. The summed E-state index contributed by atoms with van der Waals surface area (Å²) in [6.45, 7) is 3.02. The molecule has 0 spiro atoms. The minimum Gasteiger partial charge on any atom is -0.338 e. The van der Waals surface area contributed by atoms with Crippen molar-refractivity contribution in [3.63, 3.8) is 0 Å². The fraction of sp³-hybridized carbons (Fsp3) is 0.217. The van der Waals surface area contributed by atoms with E-state index in [0.717, 1.165) is 5.56 Å². The molecule has 1 aliphatic rings. The summed E-state index contributed by atoms with van der Waals surface area (Å²) in [5.74, 6) is 0.602. The Morgan fingerprint density at radius 1 is 1.00 bits per heavy atom. The van der Waals surface area contributed by atoms with Crippen LogP contribution in [0.25, 0.3) is 17.1 Å². The van der Waals surface area contributed by atoms with Crippen LogP contribution in [0.2, 0.25) is 5.02 Å². The van der Waals surface area contributed by atoms with Crippen LogP contribution in [0.15, 0.2) is 65.3 Å². The number of benzene rings is 2. The first-order valence-corrected chi connectivity index (χ1v) is 10.8. The highest BCUT2D eigenvalue weighted by Crippen LogP contribution is 2.19. The number of nitrogens with zero attached hydrogens (tertiary/aromatic N) is 6. The number of rotatable bonds is 5. The minimum absolute atomic E-state index is 0.127. The summed E-state index contributed by atoms with van der Waals surface area (Å²) in [7, 11) is 0. The Morgan fingerprint density at radius 2 is 1.73 bits per heavy atom. The average Bonchev–Trinajstić information content (AvgIpc) is 3.51. The molecule has 1 saturated heterocycles. The lowest BCUT2D eigenvalue weighted by Gasteiger charge is -2.33. The van der Waals surface area contributed by atoms with Gasteiger partial charge in [0.25, 0.3) is 5.91 Å². The van der Waals surface area contributed by atoms with Crippen molar-refractivity contribution in [2.45, 2.75) is 6.54 Å². The SMILES string of the molecule is O=C(c1ccn(-c2ccc(F)cc2)n1)N1CCN(Cc2nc(-c3ccc(Cl)cc3)no2)CC1. The van der Waals surface area contributed by atoms with Crippen LogP contribution in [0.4, 0.5) is 4.39 Å². The molecule has 0 bridgehead atoms. The molecule has 1 aliphatic heterocycles. The lowest BCUT2D eigenvalue weighted by atomic mass is 10.2. The quantitative estimate of drug-likeness (QED) is 0.446. The fourth-order valence-corrected chi connectivity index (χ4v) is 3.80. The number of halogens is 2. The summed E-state index contributed by atoms with van der Waals surface area (Å²) >= 11 is 5.92. The predicted molar refractivity (Wildman–Crippen MR) is 119 cm³/mol. The Balaban J connectivity index is 1.16. The number of piperazine rings is 1. The van der Waals surface area contributed by atoms with E-state index in [9.17, 15) is 9.18 Å². The van der Waals surface area contributed by atoms with E-state index in [-0.39, 0.29) is 11.7 Å². The summed E-state index contributed by atoms with van der Waals surface area (Å²) in [5, 5.41) is 9.05. The molecule has 0 unspecified atom stereocenters. The van der Waals surface area contributed by atoms with E-state index in [0.29, 0.717) is 60.8 Å². The molecule has 0 atom stereocenters. The van der Waals surface area contributed by atoms with Gasteiger partial charge in [-0.2, -0.15) is 10.1 Å². The molecule has 8 nitrogen and oxygen atoms in total. The van der Waals surface area contributed by atoms with Crippen molar-refractivity contribution in [3.05, 3.63) is 83.2 Å². The monoisotopic (exact) mass is 466 g/mol. The van der Waals surface area contributed by atoms with Gasteiger partial charge >= 0.3 is 0 Å². The van der Waals surface area contributed by atoms with Crippen molar-refractivity contribution in [2.75, 3.05) is 26.2 Å². The molecule has 5 rings (SSSR count). The van der Waals surface area contributed by atoms with Crippen molar-refractivity contribution in [1.82, 2.24) is 29.7 Å². The van der Waals surface area contributed by atoms with Crippen molar-refractivity contribution in [2.24, 2.45) is 0 Å². The van der Waals surface area contributed by atoms with Gasteiger partial charge in [-0.1, -0.05) is 16.8 Å². The van der Waals surface area contributed by atoms with Gasteiger partial charge in [0, 0.05) is 43.0 Å². The zero-order chi connectivity index (χ0) is 22.8. The first-order chi connectivity index (χ1) is 16.0. The molecule has 10 heteroatoms. The van der Waals surface area contributed by atoms with E-state index < -0.39 is 0 Å². The largest absolute Gasteiger partial charge is 0.338 e. The van der Waals surface area contributed by atoms with Gasteiger partial charge in [-0.25, -0.2) is 9.07 Å². The maximum Gasteiger partial charge on any atom is 0.274 e. The topological polar surface area (TPSA) is 80.3 Å². The summed E-state index contributed by atoms with van der Waals surface area (Å²) in [6.07, 6.45) is 1.70. The second kappa shape index (κ2) is 9.13. The number of carbonyl (C=O) groups is 1. The number of carbonyl (C=O) groups excluding carboxylic acids is 1. The zero-order valence-electron chi connectivity index (χ0n) is 17.6. The molecule has 1 amide bonds. The molecular weight excluding hydrogens is 447 g/mol. The van der Waals surface area contributed by atoms with E-state index in [1.165, 1.54) is 12.1 Å².